The summed E-state index contributed by atoms with van der Waals surface area (Å²) in [6, 6.07) is 15.5. The van der Waals surface area contributed by atoms with E-state index in [1.807, 2.05) is 24.3 Å². The molecule has 9 nitrogen and oxygen atoms in total. The Hall–Kier alpha value is -5.18. The largest absolute Gasteiger partial charge is 0.417 e. The summed E-state index contributed by atoms with van der Waals surface area (Å²) in [5.74, 6) is -2.27. The predicted molar refractivity (Wildman–Crippen MR) is 144 cm³/mol. The zero-order valence-corrected chi connectivity index (χ0v) is 21.8. The predicted octanol–water partition coefficient (Wildman–Crippen LogP) is 6.21. The molecule has 2 N–H and O–H groups in total. The third-order valence-electron chi connectivity index (χ3n) is 6.23. The quantitative estimate of drug-likeness (QED) is 0.220. The molecule has 0 spiro atoms. The highest BCUT2D eigenvalue weighted by molar-refractivity contribution is 7.92. The number of para-hydroxylation sites is 2. The van der Waals surface area contributed by atoms with Crippen LogP contribution in [0.5, 0.6) is 0 Å². The fourth-order valence-electron chi connectivity index (χ4n) is 4.30. The summed E-state index contributed by atoms with van der Waals surface area (Å²) in [6.07, 6.45) is -2.31. The van der Waals surface area contributed by atoms with Gasteiger partial charge in [-0.25, -0.2) is 37.1 Å². The van der Waals surface area contributed by atoms with E-state index in [1.54, 1.807) is 27.7 Å². The fourth-order valence-corrected chi connectivity index (χ4v) is 5.58. The Morgan fingerprint density at radius 3 is 2.38 bits per heavy atom. The maximum atomic E-state index is 15.5. The van der Waals surface area contributed by atoms with Crippen LogP contribution in [0.3, 0.4) is 0 Å². The Labute approximate surface area is 233 Å². The molecule has 0 aliphatic heterocycles. The first-order valence-electron chi connectivity index (χ1n) is 12.0. The number of anilines is 3. The van der Waals surface area contributed by atoms with E-state index < -0.39 is 49.7 Å². The molecule has 0 aliphatic rings. The molecule has 3 aromatic heterocycles. The maximum absolute atomic E-state index is 15.5. The number of rotatable bonds is 6. The van der Waals surface area contributed by atoms with Gasteiger partial charge in [-0.2, -0.15) is 13.2 Å². The summed E-state index contributed by atoms with van der Waals surface area (Å²) in [6.45, 7) is 0. The number of nitrogens with zero attached hydrogens (tertiary/aromatic N) is 5. The van der Waals surface area contributed by atoms with Crippen LogP contribution < -0.4 is 10.0 Å². The van der Waals surface area contributed by atoms with Gasteiger partial charge >= 0.3 is 6.18 Å². The number of benzene rings is 3. The molecule has 0 aliphatic carbocycles. The minimum atomic E-state index is -5.00. The van der Waals surface area contributed by atoms with E-state index in [9.17, 15) is 26.0 Å². The molecule has 0 saturated carbocycles. The van der Waals surface area contributed by atoms with E-state index in [0.717, 1.165) is 42.2 Å². The van der Waals surface area contributed by atoms with Crippen molar-refractivity contribution in [1.82, 2.24) is 24.5 Å². The third-order valence-corrected chi connectivity index (χ3v) is 7.65. The summed E-state index contributed by atoms with van der Waals surface area (Å²) in [5.41, 5.74) is -1.16. The molecule has 0 saturated heterocycles. The van der Waals surface area contributed by atoms with Crippen LogP contribution in [0.4, 0.5) is 39.1 Å². The van der Waals surface area contributed by atoms with E-state index >= 15 is 4.39 Å². The number of fused-ring (bicyclic) bond motifs is 2. The van der Waals surface area contributed by atoms with Crippen LogP contribution in [0.2, 0.25) is 0 Å². The molecule has 0 unspecified atom stereocenters. The molecule has 0 fully saturated rings. The summed E-state index contributed by atoms with van der Waals surface area (Å²) < 4.78 is 99.9. The van der Waals surface area contributed by atoms with Gasteiger partial charge in [0.2, 0.25) is 0 Å². The average Bonchev–Trinajstić information content (AvgIpc) is 3.40. The molecule has 15 heteroatoms. The molecule has 212 valence electrons. The minimum absolute atomic E-state index is 0.119. The van der Waals surface area contributed by atoms with Gasteiger partial charge in [0.1, 0.15) is 35.5 Å². The number of hydrogen-bond donors (Lipinski definition) is 2. The van der Waals surface area contributed by atoms with Crippen LogP contribution in [0.1, 0.15) is 5.56 Å². The van der Waals surface area contributed by atoms with Crippen molar-refractivity contribution in [2.45, 2.75) is 11.1 Å². The van der Waals surface area contributed by atoms with Gasteiger partial charge in [0.25, 0.3) is 10.0 Å². The first-order chi connectivity index (χ1) is 20.0. The van der Waals surface area contributed by atoms with Gasteiger partial charge in [0.15, 0.2) is 11.6 Å². The maximum Gasteiger partial charge on any atom is 0.417 e. The molecule has 0 amide bonds. The second kappa shape index (κ2) is 10.0. The van der Waals surface area contributed by atoms with E-state index in [2.05, 4.69) is 25.3 Å². The zero-order chi connectivity index (χ0) is 29.6. The highest BCUT2D eigenvalue weighted by atomic mass is 32.2. The first kappa shape index (κ1) is 27.0. The van der Waals surface area contributed by atoms with Crippen LogP contribution in [0.15, 0.2) is 90.3 Å². The van der Waals surface area contributed by atoms with E-state index in [-0.39, 0.29) is 11.3 Å². The minimum Gasteiger partial charge on any atom is -0.333 e. The molecule has 42 heavy (non-hydrogen) atoms. The topological polar surface area (TPSA) is 115 Å². The molecule has 6 rings (SSSR count). The average molecular weight is 598 g/mol. The number of imidazole rings is 1. The van der Waals surface area contributed by atoms with Crippen LogP contribution in [0, 0.1) is 11.6 Å². The lowest BCUT2D eigenvalue weighted by Gasteiger charge is -2.16. The fraction of sp³-hybridized carbons (Fsp3) is 0.0370. The lowest BCUT2D eigenvalue weighted by molar-refractivity contribution is -0.139. The van der Waals surface area contributed by atoms with Gasteiger partial charge in [-0.3, -0.25) is 9.29 Å². The van der Waals surface area contributed by atoms with Gasteiger partial charge in [-0.1, -0.05) is 24.3 Å². The zero-order valence-electron chi connectivity index (χ0n) is 20.9. The molecule has 0 bridgehead atoms. The highest BCUT2D eigenvalue weighted by Gasteiger charge is 2.37. The molecule has 3 heterocycles. The van der Waals surface area contributed by atoms with Crippen molar-refractivity contribution in [3.8, 4) is 5.82 Å². The van der Waals surface area contributed by atoms with Crippen LogP contribution >= 0.6 is 0 Å². The van der Waals surface area contributed by atoms with Gasteiger partial charge in [-0.15, -0.1) is 0 Å². The van der Waals surface area contributed by atoms with Crippen molar-refractivity contribution in [2.75, 3.05) is 10.0 Å². The number of sulfonamides is 1. The number of pyridine rings is 1. The summed E-state index contributed by atoms with van der Waals surface area (Å²) in [5, 5.41) is 2.49. The van der Waals surface area contributed by atoms with Crippen molar-refractivity contribution in [3.63, 3.8) is 0 Å². The lowest BCUT2D eigenvalue weighted by Crippen LogP contribution is -2.19. The van der Waals surface area contributed by atoms with Gasteiger partial charge in [-0.05, 0) is 48.5 Å². The number of alkyl halides is 3. The number of halogens is 5. The Kier molecular flexibility index (Phi) is 6.45. The molecular weight excluding hydrogens is 581 g/mol. The standard InChI is InChI=1S/C27H16F5N7O2S/c28-16-9-10-18(38-42(40,41)21-8-4-1-5-15(21)27(30,31)32)23(29)24(16)37-26-25-19(33-13-34-26)11-12-22(36-25)39-14-35-17-6-2-3-7-20(17)39/h1-14,38H,(H,33,34,37). The Balaban J connectivity index is 1.39. The van der Waals surface area contributed by atoms with Crippen molar-refractivity contribution in [1.29, 1.82) is 0 Å². The van der Waals surface area contributed by atoms with E-state index in [1.165, 1.54) is 0 Å². The Bertz CT molecular complexity index is 2100. The summed E-state index contributed by atoms with van der Waals surface area (Å²) >= 11 is 0. The number of aromatic nitrogens is 5. The second-order valence-electron chi connectivity index (χ2n) is 8.87. The van der Waals surface area contributed by atoms with E-state index in [4.69, 9.17) is 0 Å². The SMILES string of the molecule is O=S(=O)(Nc1ccc(F)c(Nc2ncnc3ccc(-n4cnc5ccccc54)nc23)c1F)c1ccccc1C(F)(F)F. The Morgan fingerprint density at radius 1 is 0.810 bits per heavy atom. The van der Waals surface area contributed by atoms with Gasteiger partial charge in [0.05, 0.1) is 32.7 Å². The van der Waals surface area contributed by atoms with Crippen LogP contribution in [-0.4, -0.2) is 32.9 Å². The molecule has 6 aromatic rings. The molecular formula is C27H16F5N7O2S. The van der Waals surface area contributed by atoms with E-state index in [0.29, 0.717) is 22.9 Å². The summed E-state index contributed by atoms with van der Waals surface area (Å²) in [4.78, 5) is 15.9. The normalized spacial score (nSPS) is 12.1. The smallest absolute Gasteiger partial charge is 0.333 e. The number of hydrogen-bond acceptors (Lipinski definition) is 7. The van der Waals surface area contributed by atoms with Crippen molar-refractivity contribution < 1.29 is 30.4 Å². The number of nitrogens with one attached hydrogen (secondary N) is 2. The van der Waals surface area contributed by atoms with Crippen LogP contribution in [0.25, 0.3) is 27.9 Å². The Morgan fingerprint density at radius 2 is 1.57 bits per heavy atom. The van der Waals surface area contributed by atoms with Gasteiger partial charge < -0.3 is 5.32 Å². The highest BCUT2D eigenvalue weighted by Crippen LogP contribution is 2.36. The first-order valence-corrected chi connectivity index (χ1v) is 13.5. The van der Waals surface area contributed by atoms with Crippen molar-refractivity contribution >= 4 is 49.3 Å². The van der Waals surface area contributed by atoms with Crippen molar-refractivity contribution in [2.24, 2.45) is 0 Å². The monoisotopic (exact) mass is 597 g/mol. The van der Waals surface area contributed by atoms with Gasteiger partial charge in [0, 0.05) is 0 Å². The molecule has 0 atom stereocenters. The lowest BCUT2D eigenvalue weighted by atomic mass is 10.2. The summed E-state index contributed by atoms with van der Waals surface area (Å²) in [7, 11) is -4.94. The third kappa shape index (κ3) is 4.83. The second-order valence-corrected chi connectivity index (χ2v) is 10.5. The van der Waals surface area contributed by atoms with Crippen molar-refractivity contribution in [3.05, 3.63) is 103 Å². The molecule has 3 aromatic carbocycles. The molecule has 0 radical (unpaired) electrons. The van der Waals surface area contributed by atoms with Crippen LogP contribution in [-0.2, 0) is 16.2 Å².